The number of anilines is 1. The Bertz CT molecular complexity index is 851. The number of ether oxygens (including phenoxy) is 2. The predicted molar refractivity (Wildman–Crippen MR) is 91.4 cm³/mol. The van der Waals surface area contributed by atoms with Crippen molar-refractivity contribution >= 4 is 24.4 Å². The van der Waals surface area contributed by atoms with Crippen molar-refractivity contribution in [3.63, 3.8) is 0 Å². The first kappa shape index (κ1) is 19.2. The molecule has 5 N–H and O–H groups in total. The average molecular weight is 387 g/mol. The van der Waals surface area contributed by atoms with E-state index in [1.165, 1.54) is 37.7 Å². The molecule has 0 radical (unpaired) electrons. The third kappa shape index (κ3) is 3.11. The second-order valence-electron chi connectivity index (χ2n) is 6.73. The van der Waals surface area contributed by atoms with E-state index in [9.17, 15) is 19.7 Å². The molecule has 1 fully saturated rings. The molecule has 1 saturated heterocycles. The van der Waals surface area contributed by atoms with Gasteiger partial charge in [-0.15, -0.1) is 0 Å². The van der Waals surface area contributed by atoms with Crippen molar-refractivity contribution in [2.45, 2.75) is 43.7 Å². The molecule has 3 heterocycles. The molecule has 0 amide bonds. The Labute approximate surface area is 149 Å². The van der Waals surface area contributed by atoms with Crippen molar-refractivity contribution in [2.24, 2.45) is 0 Å². The van der Waals surface area contributed by atoms with Crippen LogP contribution in [0.15, 0.2) is 12.7 Å². The molecule has 1 aliphatic heterocycles. The minimum atomic E-state index is -3.64. The van der Waals surface area contributed by atoms with Gasteiger partial charge in [-0.05, 0) is 13.8 Å². The number of nitrogen functional groups attached to an aromatic ring is 1. The molecule has 2 aromatic heterocycles. The van der Waals surface area contributed by atoms with E-state index in [0.29, 0.717) is 11.2 Å². The van der Waals surface area contributed by atoms with E-state index in [-0.39, 0.29) is 5.82 Å². The molecular weight excluding hydrogens is 365 g/mol. The number of fused-ring (bicyclic) bond motifs is 1. The topological polar surface area (TPSA) is 166 Å². The van der Waals surface area contributed by atoms with Crippen LogP contribution >= 0.6 is 7.37 Å². The minimum Gasteiger partial charge on any atom is -0.394 e. The van der Waals surface area contributed by atoms with E-state index in [1.807, 2.05) is 0 Å². The molecule has 0 aliphatic carbocycles. The van der Waals surface area contributed by atoms with E-state index in [1.54, 1.807) is 0 Å². The Hall–Kier alpha value is -1.62. The first-order valence-corrected chi connectivity index (χ1v) is 10.0. The number of rotatable bonds is 5. The zero-order valence-corrected chi connectivity index (χ0v) is 15.4. The van der Waals surface area contributed by atoms with Crippen LogP contribution < -0.4 is 5.73 Å². The summed E-state index contributed by atoms with van der Waals surface area (Å²) in [6.45, 7) is 3.62. The third-order valence-electron chi connectivity index (χ3n) is 4.57. The van der Waals surface area contributed by atoms with Crippen LogP contribution in [0.1, 0.15) is 20.1 Å². The molecule has 12 heteroatoms. The normalized spacial score (nSPS) is 29.2. The summed E-state index contributed by atoms with van der Waals surface area (Å²) in [6.07, 6.45) is -1.50. The van der Waals surface area contributed by atoms with Crippen LogP contribution in [0.3, 0.4) is 0 Å². The Morgan fingerprint density at radius 3 is 2.73 bits per heavy atom. The van der Waals surface area contributed by atoms with E-state index < -0.39 is 43.9 Å². The van der Waals surface area contributed by atoms with Gasteiger partial charge in [0, 0.05) is 6.66 Å². The fraction of sp³-hybridized carbons (Fsp3) is 0.643. The summed E-state index contributed by atoms with van der Waals surface area (Å²) in [5, 5.41) is 18.9. The maximum Gasteiger partial charge on any atom is 0.227 e. The van der Waals surface area contributed by atoms with Crippen LogP contribution in [0, 0.1) is 0 Å². The maximum absolute atomic E-state index is 12.0. The van der Waals surface area contributed by atoms with Crippen molar-refractivity contribution < 1.29 is 29.1 Å². The molecule has 11 nitrogen and oxygen atoms in total. The minimum absolute atomic E-state index is 0.182. The van der Waals surface area contributed by atoms with Crippen molar-refractivity contribution in [1.82, 2.24) is 19.5 Å². The lowest BCUT2D eigenvalue weighted by Gasteiger charge is -2.33. The Balaban J connectivity index is 1.94. The van der Waals surface area contributed by atoms with Crippen molar-refractivity contribution in [2.75, 3.05) is 19.0 Å². The van der Waals surface area contributed by atoms with E-state index in [4.69, 9.17) is 15.2 Å². The largest absolute Gasteiger partial charge is 0.394 e. The van der Waals surface area contributed by atoms with Gasteiger partial charge >= 0.3 is 0 Å². The summed E-state index contributed by atoms with van der Waals surface area (Å²) >= 11 is 0. The van der Waals surface area contributed by atoms with E-state index >= 15 is 0 Å². The molecule has 144 valence electrons. The van der Waals surface area contributed by atoms with Gasteiger partial charge in [0.2, 0.25) is 7.37 Å². The summed E-state index contributed by atoms with van der Waals surface area (Å²) in [6, 6.07) is 0. The fourth-order valence-corrected chi connectivity index (χ4v) is 3.05. The first-order valence-electron chi connectivity index (χ1n) is 7.92. The Kier molecular flexibility index (Phi) is 4.80. The van der Waals surface area contributed by atoms with Crippen LogP contribution in [0.5, 0.6) is 0 Å². The molecule has 3 rings (SSSR count). The predicted octanol–water partition coefficient (Wildman–Crippen LogP) is -0.319. The molecule has 0 bridgehead atoms. The zero-order chi connectivity index (χ0) is 19.3. The average Bonchev–Trinajstić information content (AvgIpc) is 3.09. The summed E-state index contributed by atoms with van der Waals surface area (Å²) in [5.74, 6) is 0.182. The smallest absolute Gasteiger partial charge is 0.227 e. The summed E-state index contributed by atoms with van der Waals surface area (Å²) < 4.78 is 24.9. The van der Waals surface area contributed by atoms with Gasteiger partial charge < -0.3 is 30.3 Å². The second kappa shape index (κ2) is 6.52. The number of nitrogens with two attached hydrogens (primary N) is 1. The fourth-order valence-electron chi connectivity index (χ4n) is 2.73. The lowest BCUT2D eigenvalue weighted by molar-refractivity contribution is -0.0975. The monoisotopic (exact) mass is 387 g/mol. The SMILES string of the molecule is CC(C)(O[C@@H]1[C@H](O)[C@H](n2cnc3c(N)ncnc32)O[C@@H]1CO)P(C)(=O)O. The van der Waals surface area contributed by atoms with Gasteiger partial charge in [-0.2, -0.15) is 0 Å². The molecule has 1 unspecified atom stereocenters. The number of hydrogen-bond acceptors (Lipinski definition) is 9. The molecule has 26 heavy (non-hydrogen) atoms. The van der Waals surface area contributed by atoms with Crippen LogP contribution in [0.4, 0.5) is 5.82 Å². The highest BCUT2D eigenvalue weighted by Gasteiger charge is 2.50. The third-order valence-corrected chi connectivity index (χ3v) is 6.68. The van der Waals surface area contributed by atoms with Crippen molar-refractivity contribution in [3.05, 3.63) is 12.7 Å². The number of imidazole rings is 1. The highest BCUT2D eigenvalue weighted by Crippen LogP contribution is 2.53. The molecule has 0 spiro atoms. The van der Waals surface area contributed by atoms with Gasteiger partial charge in [0.05, 0.1) is 12.9 Å². The number of nitrogens with zero attached hydrogens (tertiary/aromatic N) is 4. The number of hydrogen-bond donors (Lipinski definition) is 4. The Morgan fingerprint density at radius 2 is 2.12 bits per heavy atom. The Morgan fingerprint density at radius 1 is 1.42 bits per heavy atom. The first-order chi connectivity index (χ1) is 12.1. The van der Waals surface area contributed by atoms with Gasteiger partial charge in [-0.3, -0.25) is 9.13 Å². The number of aliphatic hydroxyl groups excluding tert-OH is 2. The van der Waals surface area contributed by atoms with Crippen LogP contribution in [-0.4, -0.2) is 71.6 Å². The van der Waals surface area contributed by atoms with Crippen LogP contribution in [-0.2, 0) is 14.0 Å². The zero-order valence-electron chi connectivity index (χ0n) is 14.6. The molecule has 0 saturated carbocycles. The van der Waals surface area contributed by atoms with Gasteiger partial charge in [-0.1, -0.05) is 0 Å². The lowest BCUT2D eigenvalue weighted by atomic mass is 10.1. The lowest BCUT2D eigenvalue weighted by Crippen LogP contribution is -2.42. The van der Waals surface area contributed by atoms with Crippen LogP contribution in [0.25, 0.3) is 11.2 Å². The van der Waals surface area contributed by atoms with E-state index in [2.05, 4.69) is 15.0 Å². The highest BCUT2D eigenvalue weighted by molar-refractivity contribution is 7.58. The van der Waals surface area contributed by atoms with Gasteiger partial charge in [0.25, 0.3) is 0 Å². The molecule has 5 atom stereocenters. The quantitative estimate of drug-likeness (QED) is 0.499. The summed E-state index contributed by atoms with van der Waals surface area (Å²) in [4.78, 5) is 21.9. The number of aromatic nitrogens is 4. The maximum atomic E-state index is 12.0. The van der Waals surface area contributed by atoms with Crippen molar-refractivity contribution in [3.8, 4) is 0 Å². The van der Waals surface area contributed by atoms with E-state index in [0.717, 1.165) is 0 Å². The molecule has 2 aromatic rings. The second-order valence-corrected chi connectivity index (χ2v) is 9.56. The highest BCUT2D eigenvalue weighted by atomic mass is 31.2. The summed E-state index contributed by atoms with van der Waals surface area (Å²) in [7, 11) is -3.64. The molecule has 0 aromatic carbocycles. The van der Waals surface area contributed by atoms with Gasteiger partial charge in [0.1, 0.15) is 35.5 Å². The van der Waals surface area contributed by atoms with Gasteiger partial charge in [0.15, 0.2) is 17.7 Å². The number of aliphatic hydroxyl groups is 2. The van der Waals surface area contributed by atoms with Crippen molar-refractivity contribution in [1.29, 1.82) is 0 Å². The molecular formula is C14H22N5O6P. The molecule has 1 aliphatic rings. The van der Waals surface area contributed by atoms with Crippen LogP contribution in [0.2, 0.25) is 0 Å². The van der Waals surface area contributed by atoms with Gasteiger partial charge in [-0.25, -0.2) is 15.0 Å². The standard InChI is InChI=1S/C14H22N5O6P/c1-14(2,26(3,22)23)25-10-7(4-20)24-13(9(10)21)19-6-18-8-11(15)16-5-17-12(8)19/h5-7,9-10,13,20-21H,4H2,1-3H3,(H,22,23)(H2,15,16,17)/t7-,9+,10+,13-/m1/s1. The summed E-state index contributed by atoms with van der Waals surface area (Å²) in [5.41, 5.74) is 6.46.